The fourth-order valence-electron chi connectivity index (χ4n) is 3.00. The first-order valence-electron chi connectivity index (χ1n) is 6.80. The minimum atomic E-state index is -0.883. The van der Waals surface area contributed by atoms with Crippen LogP contribution in [0, 0.1) is 0 Å². The molecule has 1 fully saturated rings. The summed E-state index contributed by atoms with van der Waals surface area (Å²) in [7, 11) is 1.67. The molecule has 2 rings (SSSR count). The Morgan fingerprint density at radius 3 is 2.43 bits per heavy atom. The van der Waals surface area contributed by atoms with Crippen molar-refractivity contribution in [3.05, 3.63) is 20.3 Å². The summed E-state index contributed by atoms with van der Waals surface area (Å²) >= 11 is 13.1. The maximum Gasteiger partial charge on any atom is 0.305 e. The Balaban J connectivity index is 2.29. The highest BCUT2D eigenvalue weighted by Crippen LogP contribution is 2.39. The molecule has 21 heavy (non-hydrogen) atoms. The Morgan fingerprint density at radius 2 is 1.95 bits per heavy atom. The molecule has 0 unspecified atom stereocenters. The molecule has 0 aliphatic heterocycles. The van der Waals surface area contributed by atoms with Gasteiger partial charge in [0, 0.05) is 7.05 Å². The molecule has 1 amide bonds. The second-order valence-corrected chi connectivity index (χ2v) is 7.74. The lowest BCUT2D eigenvalue weighted by atomic mass is 9.78. The van der Waals surface area contributed by atoms with Gasteiger partial charge < -0.3 is 10.0 Å². The lowest BCUT2D eigenvalue weighted by Gasteiger charge is -2.43. The third-order valence-electron chi connectivity index (χ3n) is 4.17. The van der Waals surface area contributed by atoms with Gasteiger partial charge in [-0.25, -0.2) is 0 Å². The van der Waals surface area contributed by atoms with Gasteiger partial charge in [-0.3, -0.25) is 9.59 Å². The van der Waals surface area contributed by atoms with Gasteiger partial charge in [0.2, 0.25) is 0 Å². The van der Waals surface area contributed by atoms with Gasteiger partial charge in [0.15, 0.2) is 0 Å². The van der Waals surface area contributed by atoms with Crippen molar-refractivity contribution < 1.29 is 14.7 Å². The van der Waals surface area contributed by atoms with Crippen molar-refractivity contribution in [2.24, 2.45) is 0 Å². The zero-order chi connectivity index (χ0) is 15.6. The van der Waals surface area contributed by atoms with E-state index >= 15 is 0 Å². The van der Waals surface area contributed by atoms with E-state index in [0.29, 0.717) is 27.1 Å². The number of carboxylic acid groups (broad SMARTS) is 1. The van der Waals surface area contributed by atoms with Crippen molar-refractivity contribution in [1.29, 1.82) is 0 Å². The zero-order valence-electron chi connectivity index (χ0n) is 11.7. The SMILES string of the molecule is CN(C(=O)c1cc(Cl)sc1Cl)C1(CC(=O)O)CCCCC1. The van der Waals surface area contributed by atoms with E-state index in [1.54, 1.807) is 18.0 Å². The molecule has 1 aliphatic rings. The largest absolute Gasteiger partial charge is 0.481 e. The predicted molar refractivity (Wildman–Crippen MR) is 84.5 cm³/mol. The Bertz CT molecular complexity index is 552. The van der Waals surface area contributed by atoms with Crippen LogP contribution in [0.15, 0.2) is 6.07 Å². The van der Waals surface area contributed by atoms with Gasteiger partial charge >= 0.3 is 5.97 Å². The number of hydrogen-bond acceptors (Lipinski definition) is 3. The van der Waals surface area contributed by atoms with Gasteiger partial charge in [0.1, 0.15) is 4.34 Å². The Kier molecular flexibility index (Phi) is 5.17. The highest BCUT2D eigenvalue weighted by atomic mass is 35.5. The third-order valence-corrected chi connectivity index (χ3v) is 5.66. The molecule has 0 spiro atoms. The monoisotopic (exact) mass is 349 g/mol. The summed E-state index contributed by atoms with van der Waals surface area (Å²) in [5.74, 6) is -1.14. The van der Waals surface area contributed by atoms with Crippen molar-refractivity contribution in [3.8, 4) is 0 Å². The molecule has 1 N–H and O–H groups in total. The normalized spacial score (nSPS) is 17.5. The smallest absolute Gasteiger partial charge is 0.305 e. The molecule has 7 heteroatoms. The summed E-state index contributed by atoms with van der Waals surface area (Å²) < 4.78 is 0.797. The average molecular weight is 350 g/mol. The van der Waals surface area contributed by atoms with E-state index in [9.17, 15) is 14.7 Å². The second-order valence-electron chi connectivity index (χ2n) is 5.46. The van der Waals surface area contributed by atoms with Crippen molar-refractivity contribution in [3.63, 3.8) is 0 Å². The molecule has 0 saturated heterocycles. The topological polar surface area (TPSA) is 57.6 Å². The van der Waals surface area contributed by atoms with Gasteiger partial charge in [0.25, 0.3) is 5.91 Å². The fraction of sp³-hybridized carbons (Fsp3) is 0.571. The molecule has 116 valence electrons. The van der Waals surface area contributed by atoms with Crippen molar-refractivity contribution in [2.45, 2.75) is 44.1 Å². The highest BCUT2D eigenvalue weighted by molar-refractivity contribution is 7.20. The molecule has 1 heterocycles. The van der Waals surface area contributed by atoms with E-state index in [4.69, 9.17) is 23.2 Å². The van der Waals surface area contributed by atoms with Gasteiger partial charge in [-0.05, 0) is 18.9 Å². The zero-order valence-corrected chi connectivity index (χ0v) is 14.0. The van der Waals surface area contributed by atoms with Crippen molar-refractivity contribution >= 4 is 46.4 Å². The lowest BCUT2D eigenvalue weighted by Crippen LogP contribution is -2.52. The maximum atomic E-state index is 12.7. The first kappa shape index (κ1) is 16.6. The number of carbonyl (C=O) groups excluding carboxylic acids is 1. The van der Waals surface area contributed by atoms with Crippen LogP contribution in [0.25, 0.3) is 0 Å². The Morgan fingerprint density at radius 1 is 1.33 bits per heavy atom. The number of carboxylic acids is 1. The van der Waals surface area contributed by atoms with Gasteiger partial charge in [-0.15, -0.1) is 11.3 Å². The van der Waals surface area contributed by atoms with Gasteiger partial charge in [-0.2, -0.15) is 0 Å². The van der Waals surface area contributed by atoms with Crippen molar-refractivity contribution in [1.82, 2.24) is 4.90 Å². The molecular weight excluding hydrogens is 333 g/mol. The fourth-order valence-corrected chi connectivity index (χ4v) is 4.45. The second kappa shape index (κ2) is 6.55. The number of halogens is 2. The van der Waals surface area contributed by atoms with E-state index in [2.05, 4.69) is 0 Å². The minimum absolute atomic E-state index is 0.0370. The molecule has 1 saturated carbocycles. The average Bonchev–Trinajstić information content (AvgIpc) is 2.76. The Labute approximate surface area is 137 Å². The van der Waals surface area contributed by atoms with Gasteiger partial charge in [0.05, 0.1) is 21.9 Å². The van der Waals surface area contributed by atoms with E-state index in [0.717, 1.165) is 30.6 Å². The molecule has 0 atom stereocenters. The number of aliphatic carboxylic acids is 1. The van der Waals surface area contributed by atoms with Crippen LogP contribution in [-0.4, -0.2) is 34.5 Å². The van der Waals surface area contributed by atoms with E-state index in [1.165, 1.54) is 0 Å². The number of rotatable bonds is 4. The lowest BCUT2D eigenvalue weighted by molar-refractivity contribution is -0.140. The summed E-state index contributed by atoms with van der Waals surface area (Å²) in [6.07, 6.45) is 4.32. The number of thiophene rings is 1. The van der Waals surface area contributed by atoms with Crippen LogP contribution in [0.5, 0.6) is 0 Å². The number of carbonyl (C=O) groups is 2. The molecule has 0 radical (unpaired) electrons. The van der Waals surface area contributed by atoms with Crippen LogP contribution in [-0.2, 0) is 4.79 Å². The molecule has 1 aromatic rings. The number of amides is 1. The van der Waals surface area contributed by atoms with Crippen LogP contribution in [0.4, 0.5) is 0 Å². The summed E-state index contributed by atoms with van der Waals surface area (Å²) in [5, 5.41) is 9.21. The molecular formula is C14H17Cl2NO3S. The van der Waals surface area contributed by atoms with Crippen LogP contribution in [0.2, 0.25) is 8.67 Å². The van der Waals surface area contributed by atoms with E-state index in [-0.39, 0.29) is 12.3 Å². The van der Waals surface area contributed by atoms with Crippen LogP contribution in [0.3, 0.4) is 0 Å². The number of nitrogens with zero attached hydrogens (tertiary/aromatic N) is 1. The van der Waals surface area contributed by atoms with Crippen LogP contribution in [0.1, 0.15) is 48.9 Å². The molecule has 0 aromatic carbocycles. The summed E-state index contributed by atoms with van der Waals surface area (Å²) in [4.78, 5) is 25.4. The summed E-state index contributed by atoms with van der Waals surface area (Å²) in [5.41, 5.74) is -0.275. The van der Waals surface area contributed by atoms with Crippen LogP contribution < -0.4 is 0 Å². The molecule has 0 bridgehead atoms. The maximum absolute atomic E-state index is 12.7. The quantitative estimate of drug-likeness (QED) is 0.881. The van der Waals surface area contributed by atoms with Crippen LogP contribution >= 0.6 is 34.5 Å². The summed E-state index contributed by atoms with van der Waals surface area (Å²) in [6, 6.07) is 1.55. The molecule has 1 aromatic heterocycles. The molecule has 4 nitrogen and oxygen atoms in total. The Hall–Kier alpha value is -0.780. The van der Waals surface area contributed by atoms with Crippen molar-refractivity contribution in [2.75, 3.05) is 7.05 Å². The standard InChI is InChI=1S/C14H17Cl2NO3S/c1-17(13(20)9-7-10(15)21-12(9)16)14(8-11(18)19)5-3-2-4-6-14/h7H,2-6,8H2,1H3,(H,18,19). The molecule has 1 aliphatic carbocycles. The highest BCUT2D eigenvalue weighted by Gasteiger charge is 2.41. The first-order valence-corrected chi connectivity index (χ1v) is 8.38. The minimum Gasteiger partial charge on any atom is -0.481 e. The predicted octanol–water partition coefficient (Wildman–Crippen LogP) is 4.30. The van der Waals surface area contributed by atoms with E-state index < -0.39 is 11.5 Å². The van der Waals surface area contributed by atoms with E-state index in [1.807, 2.05) is 0 Å². The number of hydrogen-bond donors (Lipinski definition) is 1. The van der Waals surface area contributed by atoms with Gasteiger partial charge in [-0.1, -0.05) is 42.5 Å². The third kappa shape index (κ3) is 3.52. The first-order chi connectivity index (χ1) is 9.85. The summed E-state index contributed by atoms with van der Waals surface area (Å²) in [6.45, 7) is 0.